The van der Waals surface area contributed by atoms with Crippen LogP contribution in [0.25, 0.3) is 0 Å². The number of piperazine rings is 1. The van der Waals surface area contributed by atoms with Gasteiger partial charge in [0, 0.05) is 58.4 Å². The lowest BCUT2D eigenvalue weighted by molar-refractivity contribution is 0.00655. The van der Waals surface area contributed by atoms with Crippen LogP contribution in [-0.4, -0.2) is 86.6 Å². The lowest BCUT2D eigenvalue weighted by Gasteiger charge is -2.37. The molecule has 7 heteroatoms. The number of ether oxygens (including phenoxy) is 1. The maximum atomic E-state index is 13.9. The zero-order chi connectivity index (χ0) is 16.9. The van der Waals surface area contributed by atoms with Crippen molar-refractivity contribution in [2.45, 2.75) is 6.10 Å². The Morgan fingerprint density at radius 3 is 2.21 bits per heavy atom. The first-order chi connectivity index (χ1) is 11.6. The molecule has 3 rings (SSSR count). The zero-order valence-corrected chi connectivity index (χ0v) is 13.8. The van der Waals surface area contributed by atoms with Crippen molar-refractivity contribution in [3.05, 3.63) is 29.8 Å². The molecule has 5 nitrogen and oxygen atoms in total. The fraction of sp³-hybridized carbons (Fsp3) is 0.647. The second-order valence-electron chi connectivity index (χ2n) is 6.45. The van der Waals surface area contributed by atoms with Gasteiger partial charge in [0.05, 0.1) is 25.0 Å². The van der Waals surface area contributed by atoms with E-state index in [1.807, 2.05) is 4.90 Å². The third-order valence-electron chi connectivity index (χ3n) is 4.66. The number of nitrogens with zero attached hydrogens (tertiary/aromatic N) is 3. The fourth-order valence-corrected chi connectivity index (χ4v) is 3.35. The van der Waals surface area contributed by atoms with Crippen LogP contribution in [0.3, 0.4) is 0 Å². The first-order valence-electron chi connectivity index (χ1n) is 8.52. The van der Waals surface area contributed by atoms with Gasteiger partial charge in [-0.25, -0.2) is 8.78 Å². The van der Waals surface area contributed by atoms with Crippen molar-refractivity contribution < 1.29 is 18.6 Å². The Bertz CT molecular complexity index is 533. The van der Waals surface area contributed by atoms with Crippen molar-refractivity contribution in [2.75, 3.05) is 70.5 Å². The Labute approximate surface area is 141 Å². The van der Waals surface area contributed by atoms with Crippen LogP contribution in [0, 0.1) is 11.6 Å². The van der Waals surface area contributed by atoms with Gasteiger partial charge in [-0.1, -0.05) is 0 Å². The average Bonchev–Trinajstić information content (AvgIpc) is 2.57. The van der Waals surface area contributed by atoms with Crippen molar-refractivity contribution in [2.24, 2.45) is 0 Å². The Morgan fingerprint density at radius 2 is 1.58 bits per heavy atom. The number of hydrogen-bond acceptors (Lipinski definition) is 5. The quantitative estimate of drug-likeness (QED) is 0.857. The van der Waals surface area contributed by atoms with Crippen molar-refractivity contribution in [1.82, 2.24) is 9.80 Å². The Balaban J connectivity index is 1.44. The predicted octanol–water partition coefficient (Wildman–Crippen LogP) is 0.780. The topological polar surface area (TPSA) is 39.2 Å². The van der Waals surface area contributed by atoms with E-state index in [9.17, 15) is 13.9 Å². The van der Waals surface area contributed by atoms with Gasteiger partial charge in [0.2, 0.25) is 0 Å². The zero-order valence-electron chi connectivity index (χ0n) is 13.8. The minimum absolute atomic E-state index is 0.391. The fourth-order valence-electron chi connectivity index (χ4n) is 3.35. The third-order valence-corrected chi connectivity index (χ3v) is 4.66. The number of hydrogen-bond donors (Lipinski definition) is 1. The molecule has 134 valence electrons. The molecule has 24 heavy (non-hydrogen) atoms. The number of aliphatic hydroxyl groups excluding tert-OH is 1. The molecule has 1 unspecified atom stereocenters. The van der Waals surface area contributed by atoms with E-state index in [1.54, 1.807) is 0 Å². The first-order valence-corrected chi connectivity index (χ1v) is 8.52. The number of morpholine rings is 1. The highest BCUT2D eigenvalue weighted by Gasteiger charge is 2.22. The van der Waals surface area contributed by atoms with Crippen molar-refractivity contribution in [1.29, 1.82) is 0 Å². The molecular weight excluding hydrogens is 316 g/mol. The van der Waals surface area contributed by atoms with Gasteiger partial charge in [-0.15, -0.1) is 0 Å². The van der Waals surface area contributed by atoms with E-state index in [1.165, 1.54) is 12.1 Å². The van der Waals surface area contributed by atoms with E-state index >= 15 is 0 Å². The molecule has 2 saturated heterocycles. The molecule has 1 N–H and O–H groups in total. The number of halogens is 2. The molecule has 1 aromatic rings. The monoisotopic (exact) mass is 341 g/mol. The summed E-state index contributed by atoms with van der Waals surface area (Å²) < 4.78 is 32.2. The van der Waals surface area contributed by atoms with E-state index in [2.05, 4.69) is 9.80 Å². The minimum Gasteiger partial charge on any atom is -0.390 e. The van der Waals surface area contributed by atoms with Crippen LogP contribution in [-0.2, 0) is 4.74 Å². The molecular formula is C17H25F2N3O2. The normalized spacial score (nSPS) is 21.9. The molecule has 0 aliphatic carbocycles. The summed E-state index contributed by atoms with van der Waals surface area (Å²) in [5.74, 6) is -1.07. The summed E-state index contributed by atoms with van der Waals surface area (Å²) in [6.07, 6.45) is -0.391. The average molecular weight is 341 g/mol. The van der Waals surface area contributed by atoms with Crippen LogP contribution >= 0.6 is 0 Å². The Morgan fingerprint density at radius 1 is 0.958 bits per heavy atom. The van der Waals surface area contributed by atoms with Crippen molar-refractivity contribution in [3.63, 3.8) is 0 Å². The Hall–Kier alpha value is -1.28. The van der Waals surface area contributed by atoms with Crippen molar-refractivity contribution >= 4 is 5.69 Å². The van der Waals surface area contributed by atoms with Crippen LogP contribution in [0.15, 0.2) is 18.2 Å². The van der Waals surface area contributed by atoms with E-state index in [-0.39, 0.29) is 0 Å². The summed E-state index contributed by atoms with van der Waals surface area (Å²) in [6.45, 7) is 7.35. The highest BCUT2D eigenvalue weighted by Crippen LogP contribution is 2.21. The molecule has 1 aromatic carbocycles. The van der Waals surface area contributed by atoms with Gasteiger partial charge in [-0.2, -0.15) is 0 Å². The minimum atomic E-state index is -0.555. The van der Waals surface area contributed by atoms with Crippen LogP contribution in [0.5, 0.6) is 0 Å². The SMILES string of the molecule is OC(CN1CCOCC1)CN1CCN(c2ccc(F)cc2F)CC1. The van der Waals surface area contributed by atoms with Gasteiger partial charge >= 0.3 is 0 Å². The standard InChI is InChI=1S/C17H25F2N3O2/c18-14-1-2-17(16(19)11-14)22-5-3-20(4-6-22)12-15(23)13-21-7-9-24-10-8-21/h1-2,11,15,23H,3-10,12-13H2. The van der Waals surface area contributed by atoms with Gasteiger partial charge in [0.25, 0.3) is 0 Å². The number of anilines is 1. The maximum Gasteiger partial charge on any atom is 0.149 e. The van der Waals surface area contributed by atoms with Crippen LogP contribution in [0.2, 0.25) is 0 Å². The first kappa shape index (κ1) is 17.5. The summed E-state index contributed by atoms with van der Waals surface area (Å²) in [4.78, 5) is 6.35. The molecule has 2 heterocycles. The molecule has 0 aromatic heterocycles. The van der Waals surface area contributed by atoms with Gasteiger partial charge in [0.15, 0.2) is 0 Å². The summed E-state index contributed by atoms with van der Waals surface area (Å²) in [5.41, 5.74) is 0.449. The highest BCUT2D eigenvalue weighted by atomic mass is 19.1. The molecule has 0 bridgehead atoms. The molecule has 2 aliphatic heterocycles. The van der Waals surface area contributed by atoms with Gasteiger partial charge < -0.3 is 14.7 Å². The van der Waals surface area contributed by atoms with Crippen molar-refractivity contribution in [3.8, 4) is 0 Å². The number of β-amino-alcohol motifs (C(OH)–C–C–N with tert-alkyl or cyclic N) is 1. The summed E-state index contributed by atoms with van der Waals surface area (Å²) in [6, 6.07) is 3.71. The summed E-state index contributed by atoms with van der Waals surface area (Å²) in [7, 11) is 0. The molecule has 1 atom stereocenters. The predicted molar refractivity (Wildman–Crippen MR) is 88.3 cm³/mol. The lowest BCUT2D eigenvalue weighted by Crippen LogP contribution is -2.51. The lowest BCUT2D eigenvalue weighted by atomic mass is 10.2. The van der Waals surface area contributed by atoms with Gasteiger partial charge in [0.1, 0.15) is 11.6 Å². The van der Waals surface area contributed by atoms with E-state index in [0.29, 0.717) is 31.9 Å². The smallest absolute Gasteiger partial charge is 0.149 e. The van der Waals surface area contributed by atoms with Crippen LogP contribution in [0.1, 0.15) is 0 Å². The third kappa shape index (κ3) is 4.63. The molecule has 2 aliphatic rings. The maximum absolute atomic E-state index is 13.9. The second-order valence-corrected chi connectivity index (χ2v) is 6.45. The van der Waals surface area contributed by atoms with E-state index in [0.717, 1.165) is 45.5 Å². The van der Waals surface area contributed by atoms with E-state index < -0.39 is 17.7 Å². The highest BCUT2D eigenvalue weighted by molar-refractivity contribution is 5.48. The number of benzene rings is 1. The second kappa shape index (κ2) is 8.20. The number of aliphatic hydroxyl groups is 1. The van der Waals surface area contributed by atoms with Gasteiger partial charge in [-0.3, -0.25) is 9.80 Å². The molecule has 2 fully saturated rings. The van der Waals surface area contributed by atoms with Crippen LogP contribution in [0.4, 0.5) is 14.5 Å². The Kier molecular flexibility index (Phi) is 5.99. The van der Waals surface area contributed by atoms with Crippen LogP contribution < -0.4 is 4.90 Å². The number of rotatable bonds is 5. The summed E-state index contributed by atoms with van der Waals surface area (Å²) >= 11 is 0. The molecule has 0 radical (unpaired) electrons. The molecule has 0 amide bonds. The summed E-state index contributed by atoms with van der Waals surface area (Å²) in [5, 5.41) is 10.3. The molecule has 0 spiro atoms. The molecule has 0 saturated carbocycles. The van der Waals surface area contributed by atoms with E-state index in [4.69, 9.17) is 4.74 Å². The largest absolute Gasteiger partial charge is 0.390 e. The van der Waals surface area contributed by atoms with Gasteiger partial charge in [-0.05, 0) is 12.1 Å².